The zero-order valence-electron chi connectivity index (χ0n) is 14.9. The van der Waals surface area contributed by atoms with E-state index in [-0.39, 0.29) is 11.4 Å². The van der Waals surface area contributed by atoms with Crippen molar-refractivity contribution in [3.05, 3.63) is 48.3 Å². The van der Waals surface area contributed by atoms with Gasteiger partial charge in [0.05, 0.1) is 48.1 Å². The minimum absolute atomic E-state index is 0.314. The molecule has 0 fully saturated rings. The van der Waals surface area contributed by atoms with Crippen molar-refractivity contribution in [3.63, 3.8) is 0 Å². The molecule has 0 saturated heterocycles. The number of nitrogens with one attached hydrogen (secondary N) is 1. The van der Waals surface area contributed by atoms with E-state index in [0.717, 1.165) is 27.9 Å². The Balaban J connectivity index is 1.79. The van der Waals surface area contributed by atoms with Crippen molar-refractivity contribution < 1.29 is 9.13 Å². The number of ether oxygens (including phenoxy) is 1. The summed E-state index contributed by atoms with van der Waals surface area (Å²) >= 11 is 0. The molecular formula is C19H17FN6O. The Hall–Kier alpha value is -3.13. The Labute approximate surface area is 154 Å². The molecule has 27 heavy (non-hydrogen) atoms. The fraction of sp³-hybridized carbons (Fsp3) is 0.263. The van der Waals surface area contributed by atoms with Gasteiger partial charge in [0.25, 0.3) is 0 Å². The molecule has 0 radical (unpaired) electrons. The number of H-pyrrole nitrogens is 1. The van der Waals surface area contributed by atoms with Crippen molar-refractivity contribution in [2.24, 2.45) is 0 Å². The molecule has 0 unspecified atom stereocenters. The van der Waals surface area contributed by atoms with Gasteiger partial charge >= 0.3 is 0 Å². The van der Waals surface area contributed by atoms with Gasteiger partial charge in [0.1, 0.15) is 17.0 Å². The molecule has 0 spiro atoms. The lowest BCUT2D eigenvalue weighted by Gasteiger charge is -2.31. The highest BCUT2D eigenvalue weighted by molar-refractivity contribution is 5.96. The molecule has 0 aliphatic carbocycles. The van der Waals surface area contributed by atoms with Crippen LogP contribution in [0.5, 0.6) is 0 Å². The third kappa shape index (κ3) is 2.60. The van der Waals surface area contributed by atoms with Crippen LogP contribution in [0, 0.1) is 5.82 Å². The Bertz CT molecular complexity index is 1140. The van der Waals surface area contributed by atoms with E-state index in [1.54, 1.807) is 18.5 Å². The molecule has 0 amide bonds. The second kappa shape index (κ2) is 5.68. The van der Waals surface area contributed by atoms with Crippen LogP contribution >= 0.6 is 0 Å². The molecule has 4 aromatic rings. The van der Waals surface area contributed by atoms with E-state index in [9.17, 15) is 4.39 Å². The Morgan fingerprint density at radius 2 is 2.07 bits per heavy atom. The molecule has 136 valence electrons. The zero-order chi connectivity index (χ0) is 18.6. The van der Waals surface area contributed by atoms with Crippen LogP contribution in [-0.4, -0.2) is 35.5 Å². The van der Waals surface area contributed by atoms with E-state index in [1.807, 2.05) is 24.6 Å². The summed E-state index contributed by atoms with van der Waals surface area (Å²) in [7, 11) is 0. The van der Waals surface area contributed by atoms with Crippen molar-refractivity contribution in [2.45, 2.75) is 32.6 Å². The molecule has 0 bridgehead atoms. The van der Waals surface area contributed by atoms with Gasteiger partial charge in [0, 0.05) is 17.3 Å². The van der Waals surface area contributed by atoms with Crippen LogP contribution in [0.4, 0.5) is 4.39 Å². The monoisotopic (exact) mass is 364 g/mol. The molecule has 4 aromatic heterocycles. The third-order valence-electron chi connectivity index (χ3n) is 4.77. The predicted molar refractivity (Wildman–Crippen MR) is 97.2 cm³/mol. The van der Waals surface area contributed by atoms with E-state index in [2.05, 4.69) is 20.2 Å². The zero-order valence-corrected chi connectivity index (χ0v) is 14.9. The van der Waals surface area contributed by atoms with E-state index < -0.39 is 0 Å². The molecular weight excluding hydrogens is 347 g/mol. The molecule has 8 heteroatoms. The summed E-state index contributed by atoms with van der Waals surface area (Å²) in [6.45, 7) is 5.11. The van der Waals surface area contributed by atoms with Gasteiger partial charge in [-0.05, 0) is 32.0 Å². The highest BCUT2D eigenvalue weighted by atomic mass is 19.1. The lowest BCUT2D eigenvalue weighted by Crippen LogP contribution is -2.36. The van der Waals surface area contributed by atoms with Gasteiger partial charge in [-0.2, -0.15) is 10.2 Å². The Morgan fingerprint density at radius 1 is 1.19 bits per heavy atom. The quantitative estimate of drug-likeness (QED) is 0.590. The van der Waals surface area contributed by atoms with Crippen molar-refractivity contribution >= 4 is 11.0 Å². The first-order valence-electron chi connectivity index (χ1n) is 8.66. The van der Waals surface area contributed by atoms with E-state index >= 15 is 0 Å². The number of aromatic amines is 1. The van der Waals surface area contributed by atoms with Crippen molar-refractivity contribution in [2.75, 3.05) is 0 Å². The molecule has 1 aliphatic heterocycles. The van der Waals surface area contributed by atoms with Gasteiger partial charge in [0.2, 0.25) is 0 Å². The standard InChI is InChI=1S/C19H17FN6O/c1-19(2)10-26-15(9-27-19)16(12-5-6-21-14-8-23-24-17(12)14)18(25-26)13-4-3-11(20)7-22-13/h3-8H,9-10H2,1-2H3,(H,23,24). The molecule has 0 saturated carbocycles. The lowest BCUT2D eigenvalue weighted by atomic mass is 9.99. The van der Waals surface area contributed by atoms with Crippen LogP contribution in [0.25, 0.3) is 33.5 Å². The summed E-state index contributed by atoms with van der Waals surface area (Å²) in [4.78, 5) is 8.59. The lowest BCUT2D eigenvalue weighted by molar-refractivity contribution is -0.0657. The van der Waals surface area contributed by atoms with Crippen LogP contribution in [-0.2, 0) is 17.9 Å². The molecule has 5 rings (SSSR count). The Morgan fingerprint density at radius 3 is 2.89 bits per heavy atom. The van der Waals surface area contributed by atoms with Crippen LogP contribution in [0.3, 0.4) is 0 Å². The summed E-state index contributed by atoms with van der Waals surface area (Å²) < 4.78 is 21.4. The van der Waals surface area contributed by atoms with Gasteiger partial charge in [-0.3, -0.25) is 19.7 Å². The summed E-state index contributed by atoms with van der Waals surface area (Å²) in [5, 5.41) is 11.9. The molecule has 1 N–H and O–H groups in total. The van der Waals surface area contributed by atoms with Gasteiger partial charge in [-0.15, -0.1) is 0 Å². The van der Waals surface area contributed by atoms with Crippen LogP contribution in [0.1, 0.15) is 19.5 Å². The smallest absolute Gasteiger partial charge is 0.141 e. The third-order valence-corrected chi connectivity index (χ3v) is 4.77. The van der Waals surface area contributed by atoms with Gasteiger partial charge in [-0.1, -0.05) is 0 Å². The first-order chi connectivity index (χ1) is 13.0. The topological polar surface area (TPSA) is 81.5 Å². The number of aromatic nitrogens is 6. The summed E-state index contributed by atoms with van der Waals surface area (Å²) in [5.41, 5.74) is 5.35. The minimum Gasteiger partial charge on any atom is -0.367 e. The van der Waals surface area contributed by atoms with Crippen LogP contribution < -0.4 is 0 Å². The largest absolute Gasteiger partial charge is 0.367 e. The van der Waals surface area contributed by atoms with E-state index in [4.69, 9.17) is 9.84 Å². The van der Waals surface area contributed by atoms with Gasteiger partial charge in [-0.25, -0.2) is 4.39 Å². The highest BCUT2D eigenvalue weighted by Gasteiger charge is 2.32. The maximum absolute atomic E-state index is 13.4. The van der Waals surface area contributed by atoms with Crippen LogP contribution in [0.15, 0.2) is 36.8 Å². The van der Waals surface area contributed by atoms with Gasteiger partial charge < -0.3 is 4.74 Å². The van der Waals surface area contributed by atoms with Crippen molar-refractivity contribution in [1.82, 2.24) is 29.9 Å². The fourth-order valence-corrected chi connectivity index (χ4v) is 3.48. The first kappa shape index (κ1) is 16.1. The molecule has 5 heterocycles. The number of halogens is 1. The number of hydrogen-bond donors (Lipinski definition) is 1. The molecule has 0 aromatic carbocycles. The number of rotatable bonds is 2. The summed E-state index contributed by atoms with van der Waals surface area (Å²) in [5.74, 6) is -0.381. The summed E-state index contributed by atoms with van der Waals surface area (Å²) in [6.07, 6.45) is 4.63. The average molecular weight is 364 g/mol. The van der Waals surface area contributed by atoms with Crippen molar-refractivity contribution in [1.29, 1.82) is 0 Å². The SMILES string of the molecule is CC1(C)Cn2nc(-c3ccc(F)cn3)c(-c3ccnc4cn[nH]c34)c2CO1. The normalized spacial score (nSPS) is 15.8. The molecule has 1 aliphatic rings. The minimum atomic E-state index is -0.381. The van der Waals surface area contributed by atoms with E-state index in [1.165, 1.54) is 12.3 Å². The molecule has 0 atom stereocenters. The fourth-order valence-electron chi connectivity index (χ4n) is 3.48. The second-order valence-electron chi connectivity index (χ2n) is 7.23. The maximum atomic E-state index is 13.4. The summed E-state index contributed by atoms with van der Waals surface area (Å²) in [6, 6.07) is 4.96. The maximum Gasteiger partial charge on any atom is 0.141 e. The number of hydrogen-bond acceptors (Lipinski definition) is 5. The van der Waals surface area contributed by atoms with Gasteiger partial charge in [0.15, 0.2) is 0 Å². The van der Waals surface area contributed by atoms with Crippen molar-refractivity contribution in [3.8, 4) is 22.5 Å². The Kier molecular flexibility index (Phi) is 3.38. The first-order valence-corrected chi connectivity index (χ1v) is 8.66. The molecule has 7 nitrogen and oxygen atoms in total. The van der Waals surface area contributed by atoms with E-state index in [0.29, 0.717) is 24.5 Å². The second-order valence-corrected chi connectivity index (χ2v) is 7.23. The average Bonchev–Trinajstić information content (AvgIpc) is 3.25. The predicted octanol–water partition coefficient (Wildman–Crippen LogP) is 3.33. The van der Waals surface area contributed by atoms with Crippen LogP contribution in [0.2, 0.25) is 0 Å². The number of nitrogens with zero attached hydrogens (tertiary/aromatic N) is 5. The number of fused-ring (bicyclic) bond motifs is 2. The number of pyridine rings is 2. The highest BCUT2D eigenvalue weighted by Crippen LogP contribution is 2.39.